The third-order valence-corrected chi connectivity index (χ3v) is 5.20. The second-order valence-corrected chi connectivity index (χ2v) is 8.19. The van der Waals surface area contributed by atoms with Crippen molar-refractivity contribution in [3.8, 4) is 17.2 Å². The molecule has 1 N–H and O–H groups in total. The third-order valence-electron chi connectivity index (χ3n) is 4.26. The first-order valence-corrected chi connectivity index (χ1v) is 10.5. The summed E-state index contributed by atoms with van der Waals surface area (Å²) < 4.78 is 11.9. The number of rotatable bonds is 5. The molecule has 2 heterocycles. The lowest BCUT2D eigenvalue weighted by Gasteiger charge is -2.08. The number of fused-ring (bicyclic) bond motifs is 1. The van der Waals surface area contributed by atoms with Crippen molar-refractivity contribution in [2.24, 2.45) is 0 Å². The van der Waals surface area contributed by atoms with E-state index in [1.54, 1.807) is 48.8 Å². The van der Waals surface area contributed by atoms with E-state index < -0.39 is 0 Å². The first-order valence-electron chi connectivity index (χ1n) is 8.96. The summed E-state index contributed by atoms with van der Waals surface area (Å²) in [5, 5.41) is 3.60. The molecular formula is C22H14BrCl2N3O3. The number of nitrogens with one attached hydrogen (secondary N) is 1. The molecule has 1 amide bonds. The number of oxazole rings is 1. The molecule has 0 unspecified atom stereocenters. The zero-order chi connectivity index (χ0) is 22.0. The molecule has 9 heteroatoms. The number of pyridine rings is 1. The Morgan fingerprint density at radius 2 is 2.03 bits per heavy atom. The van der Waals surface area contributed by atoms with Gasteiger partial charge < -0.3 is 14.5 Å². The molecule has 6 nitrogen and oxygen atoms in total. The molecular weight excluding hydrogens is 505 g/mol. The van der Waals surface area contributed by atoms with Gasteiger partial charge in [-0.3, -0.25) is 9.78 Å². The van der Waals surface area contributed by atoms with E-state index in [0.29, 0.717) is 44.0 Å². The summed E-state index contributed by atoms with van der Waals surface area (Å²) in [5.41, 5.74) is 3.12. The number of benzene rings is 2. The number of carbonyl (C=O) groups is 1. The first kappa shape index (κ1) is 21.4. The molecule has 0 radical (unpaired) electrons. The minimum Gasteiger partial charge on any atom is -0.495 e. The average Bonchev–Trinajstić information content (AvgIpc) is 3.15. The van der Waals surface area contributed by atoms with Crippen LogP contribution in [0.1, 0.15) is 5.56 Å². The lowest BCUT2D eigenvalue weighted by atomic mass is 10.2. The van der Waals surface area contributed by atoms with Crippen LogP contribution in [0.3, 0.4) is 0 Å². The largest absolute Gasteiger partial charge is 0.495 e. The van der Waals surface area contributed by atoms with E-state index >= 15 is 0 Å². The third kappa shape index (κ3) is 4.90. The summed E-state index contributed by atoms with van der Waals surface area (Å²) in [6.07, 6.45) is 6.30. The summed E-state index contributed by atoms with van der Waals surface area (Å²) in [5.74, 6) is 0.545. The number of anilines is 1. The quantitative estimate of drug-likeness (QED) is 0.300. The summed E-state index contributed by atoms with van der Waals surface area (Å²) in [6.45, 7) is 0. The first-order chi connectivity index (χ1) is 14.9. The Hall–Kier alpha value is -2.87. The SMILES string of the molecule is COc1c(Cl)cc(Cl)cc1/C=C/C(=O)Nc1ccc2oc(-c3cncc(Br)c3)nc2c1. The highest BCUT2D eigenvalue weighted by atomic mass is 79.9. The molecule has 4 aromatic rings. The Balaban J connectivity index is 1.53. The summed E-state index contributed by atoms with van der Waals surface area (Å²) in [6, 6.07) is 10.3. The van der Waals surface area contributed by atoms with Crippen molar-refractivity contribution in [1.29, 1.82) is 0 Å². The van der Waals surface area contributed by atoms with Gasteiger partial charge in [-0.1, -0.05) is 23.2 Å². The molecule has 2 aromatic carbocycles. The highest BCUT2D eigenvalue weighted by Gasteiger charge is 2.11. The van der Waals surface area contributed by atoms with Crippen LogP contribution in [0, 0.1) is 0 Å². The van der Waals surface area contributed by atoms with Gasteiger partial charge in [0.25, 0.3) is 0 Å². The van der Waals surface area contributed by atoms with E-state index in [2.05, 4.69) is 31.2 Å². The average molecular weight is 519 g/mol. The topological polar surface area (TPSA) is 77.2 Å². The predicted molar refractivity (Wildman–Crippen MR) is 126 cm³/mol. The monoisotopic (exact) mass is 517 g/mol. The van der Waals surface area contributed by atoms with Crippen LogP contribution >= 0.6 is 39.1 Å². The van der Waals surface area contributed by atoms with Crippen LogP contribution in [0.15, 0.2) is 63.8 Å². The van der Waals surface area contributed by atoms with E-state index in [1.807, 2.05) is 6.07 Å². The summed E-state index contributed by atoms with van der Waals surface area (Å²) >= 11 is 15.5. The molecule has 4 rings (SSSR count). The maximum absolute atomic E-state index is 12.4. The van der Waals surface area contributed by atoms with Crippen molar-refractivity contribution in [2.45, 2.75) is 0 Å². The van der Waals surface area contributed by atoms with Crippen LogP contribution in [0.5, 0.6) is 5.75 Å². The number of ether oxygens (including phenoxy) is 1. The normalized spacial score (nSPS) is 11.2. The summed E-state index contributed by atoms with van der Waals surface area (Å²) in [4.78, 5) is 21.0. The number of halogens is 3. The highest BCUT2D eigenvalue weighted by Crippen LogP contribution is 2.33. The van der Waals surface area contributed by atoms with Crippen LogP contribution < -0.4 is 10.1 Å². The van der Waals surface area contributed by atoms with Gasteiger partial charge in [-0.05, 0) is 58.4 Å². The van der Waals surface area contributed by atoms with Crippen molar-refractivity contribution in [2.75, 3.05) is 12.4 Å². The molecule has 0 spiro atoms. The number of carbonyl (C=O) groups excluding carboxylic acids is 1. The van der Waals surface area contributed by atoms with Gasteiger partial charge in [0.1, 0.15) is 11.3 Å². The van der Waals surface area contributed by atoms with E-state index in [1.165, 1.54) is 13.2 Å². The van der Waals surface area contributed by atoms with Crippen molar-refractivity contribution in [3.63, 3.8) is 0 Å². The van der Waals surface area contributed by atoms with E-state index in [0.717, 1.165) is 10.0 Å². The Labute approximate surface area is 196 Å². The van der Waals surface area contributed by atoms with Crippen molar-refractivity contribution < 1.29 is 13.9 Å². The van der Waals surface area contributed by atoms with Gasteiger partial charge >= 0.3 is 0 Å². The van der Waals surface area contributed by atoms with Crippen molar-refractivity contribution in [3.05, 3.63) is 74.9 Å². The molecule has 0 aliphatic rings. The van der Waals surface area contributed by atoms with Crippen molar-refractivity contribution >= 4 is 67.9 Å². The smallest absolute Gasteiger partial charge is 0.248 e. The van der Waals surface area contributed by atoms with E-state index in [4.69, 9.17) is 32.4 Å². The molecule has 0 fully saturated rings. The summed E-state index contributed by atoms with van der Waals surface area (Å²) in [7, 11) is 1.50. The van der Waals surface area contributed by atoms with Crippen LogP contribution in [0.25, 0.3) is 28.6 Å². The zero-order valence-electron chi connectivity index (χ0n) is 16.0. The fourth-order valence-electron chi connectivity index (χ4n) is 2.93. The number of hydrogen-bond acceptors (Lipinski definition) is 5. The van der Waals surface area contributed by atoms with Crippen LogP contribution in [0.2, 0.25) is 10.0 Å². The molecule has 0 bridgehead atoms. The molecule has 2 aromatic heterocycles. The van der Waals surface area contributed by atoms with Gasteiger partial charge in [-0.25, -0.2) is 4.98 Å². The van der Waals surface area contributed by atoms with Gasteiger partial charge in [-0.2, -0.15) is 0 Å². The van der Waals surface area contributed by atoms with Gasteiger partial charge in [0.05, 0.1) is 17.7 Å². The van der Waals surface area contributed by atoms with Crippen LogP contribution in [-0.4, -0.2) is 23.0 Å². The number of methoxy groups -OCH3 is 1. The Morgan fingerprint density at radius 3 is 2.81 bits per heavy atom. The van der Waals surface area contributed by atoms with Gasteiger partial charge in [0, 0.05) is 39.2 Å². The van der Waals surface area contributed by atoms with E-state index in [-0.39, 0.29) is 5.91 Å². The minimum absolute atomic E-state index is 0.336. The lowest BCUT2D eigenvalue weighted by molar-refractivity contribution is -0.111. The lowest BCUT2D eigenvalue weighted by Crippen LogP contribution is -2.07. The molecule has 31 heavy (non-hydrogen) atoms. The number of hydrogen-bond donors (Lipinski definition) is 1. The van der Waals surface area contributed by atoms with Gasteiger partial charge in [0.15, 0.2) is 5.58 Å². The fraction of sp³-hybridized carbons (Fsp3) is 0.0455. The number of amides is 1. The molecule has 0 saturated heterocycles. The van der Waals surface area contributed by atoms with Gasteiger partial charge in [-0.15, -0.1) is 0 Å². The van der Waals surface area contributed by atoms with Crippen LogP contribution in [0.4, 0.5) is 5.69 Å². The van der Waals surface area contributed by atoms with Gasteiger partial charge in [0.2, 0.25) is 11.8 Å². The van der Waals surface area contributed by atoms with Crippen LogP contribution in [-0.2, 0) is 4.79 Å². The molecule has 0 aliphatic carbocycles. The number of aromatic nitrogens is 2. The van der Waals surface area contributed by atoms with E-state index in [9.17, 15) is 4.79 Å². The Bertz CT molecular complexity index is 1320. The zero-order valence-corrected chi connectivity index (χ0v) is 19.1. The molecule has 0 atom stereocenters. The molecule has 156 valence electrons. The minimum atomic E-state index is -0.336. The fourth-order valence-corrected chi connectivity index (χ4v) is 3.88. The predicted octanol–water partition coefficient (Wildman–Crippen LogP) is 6.62. The second kappa shape index (κ2) is 9.09. The maximum atomic E-state index is 12.4. The maximum Gasteiger partial charge on any atom is 0.248 e. The molecule has 0 saturated carbocycles. The Kier molecular flexibility index (Phi) is 6.27. The Morgan fingerprint density at radius 1 is 1.19 bits per heavy atom. The molecule has 0 aliphatic heterocycles. The van der Waals surface area contributed by atoms with Crippen molar-refractivity contribution in [1.82, 2.24) is 9.97 Å². The number of nitrogens with zero attached hydrogens (tertiary/aromatic N) is 2. The standard InChI is InChI=1S/C22H14BrCl2N3O3/c1-30-21-12(7-15(24)8-17(21)25)2-5-20(29)27-16-3-4-19-18(9-16)28-22(31-19)13-6-14(23)11-26-10-13/h2-11H,1H3,(H,27,29)/b5-2+. The highest BCUT2D eigenvalue weighted by molar-refractivity contribution is 9.10. The second-order valence-electron chi connectivity index (χ2n) is 6.43.